The summed E-state index contributed by atoms with van der Waals surface area (Å²) in [6, 6.07) is 23.7. The van der Waals surface area contributed by atoms with Gasteiger partial charge in [-0.05, 0) is 59.7 Å². The first-order valence-corrected chi connectivity index (χ1v) is 15.7. The lowest BCUT2D eigenvalue weighted by Gasteiger charge is -2.33. The Morgan fingerprint density at radius 3 is 2.11 bits per heavy atom. The van der Waals surface area contributed by atoms with Crippen LogP contribution in [0.1, 0.15) is 11.1 Å². The fourth-order valence-corrected chi connectivity index (χ4v) is 6.30. The number of benzene rings is 4. The van der Waals surface area contributed by atoms with E-state index in [1.807, 2.05) is 30.3 Å². The molecule has 0 aromatic heterocycles. The van der Waals surface area contributed by atoms with Crippen molar-refractivity contribution in [1.29, 1.82) is 0 Å². The van der Waals surface area contributed by atoms with E-state index in [-0.39, 0.29) is 29.3 Å². The Balaban J connectivity index is 1.80. The number of ether oxygens (including phenoxy) is 2. The molecule has 0 aliphatic carbocycles. The van der Waals surface area contributed by atoms with Crippen molar-refractivity contribution < 1.29 is 31.9 Å². The Kier molecular flexibility index (Phi) is 11.0. The predicted molar refractivity (Wildman–Crippen MR) is 170 cm³/mol. The van der Waals surface area contributed by atoms with Gasteiger partial charge in [0.25, 0.3) is 10.0 Å². The number of rotatable bonds is 13. The van der Waals surface area contributed by atoms with Crippen LogP contribution in [0.5, 0.6) is 11.5 Å². The normalized spacial score (nSPS) is 11.8. The summed E-state index contributed by atoms with van der Waals surface area (Å²) in [4.78, 5) is 28.8. The van der Waals surface area contributed by atoms with E-state index in [0.29, 0.717) is 16.3 Å². The molecule has 4 aromatic rings. The molecule has 12 heteroatoms. The lowest BCUT2D eigenvalue weighted by molar-refractivity contribution is -0.139. The van der Waals surface area contributed by atoms with Crippen LogP contribution in [0.2, 0.25) is 5.02 Å². The van der Waals surface area contributed by atoms with E-state index in [1.165, 1.54) is 56.5 Å². The van der Waals surface area contributed by atoms with E-state index in [1.54, 1.807) is 24.3 Å². The quantitative estimate of drug-likeness (QED) is 0.216. The highest BCUT2D eigenvalue weighted by molar-refractivity contribution is 7.92. The minimum Gasteiger partial charge on any atom is -0.493 e. The van der Waals surface area contributed by atoms with Crippen LogP contribution in [0.3, 0.4) is 0 Å². The highest BCUT2D eigenvalue weighted by Gasteiger charge is 2.34. The number of nitrogens with one attached hydrogen (secondary N) is 1. The van der Waals surface area contributed by atoms with Gasteiger partial charge in [-0.3, -0.25) is 13.9 Å². The number of amides is 2. The Hall–Kier alpha value is -4.61. The van der Waals surface area contributed by atoms with Crippen molar-refractivity contribution in [3.63, 3.8) is 0 Å². The number of carbonyl (C=O) groups excluding carboxylic acids is 2. The first kappa shape index (κ1) is 33.3. The number of hydrogen-bond donors (Lipinski definition) is 1. The number of methoxy groups -OCH3 is 2. The smallest absolute Gasteiger partial charge is 0.264 e. The van der Waals surface area contributed by atoms with Crippen molar-refractivity contribution in [1.82, 2.24) is 10.2 Å². The van der Waals surface area contributed by atoms with E-state index in [0.717, 1.165) is 22.0 Å². The Labute approximate surface area is 267 Å². The summed E-state index contributed by atoms with van der Waals surface area (Å²) in [7, 11) is -0.172. The van der Waals surface area contributed by atoms with Gasteiger partial charge in [0, 0.05) is 31.1 Å². The van der Waals surface area contributed by atoms with Crippen LogP contribution in [0.15, 0.2) is 102 Å². The number of likely N-dealkylation sites (N-methyl/N-ethyl adjacent to an activating group) is 1. The second-order valence-corrected chi connectivity index (χ2v) is 12.3. The molecule has 45 heavy (non-hydrogen) atoms. The molecule has 0 spiro atoms. The Bertz CT molecular complexity index is 1720. The second kappa shape index (κ2) is 14.9. The fraction of sp³-hybridized carbons (Fsp3) is 0.212. The molecule has 1 N–H and O–H groups in total. The number of sulfonamides is 1. The molecule has 0 saturated carbocycles. The molecule has 0 radical (unpaired) electrons. The van der Waals surface area contributed by atoms with Gasteiger partial charge >= 0.3 is 0 Å². The third-order valence-corrected chi connectivity index (χ3v) is 9.14. The zero-order valence-electron chi connectivity index (χ0n) is 24.9. The van der Waals surface area contributed by atoms with Gasteiger partial charge in [-0.15, -0.1) is 0 Å². The molecule has 0 aliphatic rings. The summed E-state index contributed by atoms with van der Waals surface area (Å²) < 4.78 is 53.7. The van der Waals surface area contributed by atoms with E-state index in [2.05, 4.69) is 5.32 Å². The molecule has 4 rings (SSSR count). The Morgan fingerprint density at radius 1 is 0.867 bits per heavy atom. The first-order valence-electron chi connectivity index (χ1n) is 13.9. The largest absolute Gasteiger partial charge is 0.493 e. The lowest BCUT2D eigenvalue weighted by atomic mass is 10.0. The molecule has 9 nitrogen and oxygen atoms in total. The molecule has 0 unspecified atom stereocenters. The van der Waals surface area contributed by atoms with Gasteiger partial charge in [-0.2, -0.15) is 0 Å². The van der Waals surface area contributed by atoms with Gasteiger partial charge in [0.1, 0.15) is 18.4 Å². The van der Waals surface area contributed by atoms with Crippen molar-refractivity contribution in [2.75, 3.05) is 32.1 Å². The summed E-state index contributed by atoms with van der Waals surface area (Å²) in [6.45, 7) is -0.716. The van der Waals surface area contributed by atoms with Gasteiger partial charge in [-0.25, -0.2) is 12.8 Å². The summed E-state index contributed by atoms with van der Waals surface area (Å²) in [5, 5.41) is 3.13. The molecule has 0 fully saturated rings. The molecule has 0 saturated heterocycles. The van der Waals surface area contributed by atoms with E-state index in [9.17, 15) is 22.4 Å². The monoisotopic (exact) mass is 653 g/mol. The summed E-state index contributed by atoms with van der Waals surface area (Å²) >= 11 is 6.09. The van der Waals surface area contributed by atoms with Gasteiger partial charge in [-0.1, -0.05) is 54.1 Å². The highest BCUT2D eigenvalue weighted by atomic mass is 35.5. The van der Waals surface area contributed by atoms with E-state index >= 15 is 0 Å². The average Bonchev–Trinajstić information content (AvgIpc) is 3.06. The minimum atomic E-state index is -4.43. The van der Waals surface area contributed by atoms with Gasteiger partial charge < -0.3 is 19.7 Å². The molecule has 4 aromatic carbocycles. The molecular formula is C33H33ClFN3O6S. The minimum absolute atomic E-state index is 0.0193. The molecular weight excluding hydrogens is 621 g/mol. The first-order chi connectivity index (χ1) is 21.6. The summed E-state index contributed by atoms with van der Waals surface area (Å²) in [5.41, 5.74) is 1.52. The lowest BCUT2D eigenvalue weighted by Crippen LogP contribution is -2.53. The van der Waals surface area contributed by atoms with Crippen molar-refractivity contribution in [3.8, 4) is 11.5 Å². The number of anilines is 1. The average molecular weight is 654 g/mol. The number of halogens is 2. The van der Waals surface area contributed by atoms with Crippen LogP contribution < -0.4 is 19.1 Å². The van der Waals surface area contributed by atoms with Crippen LogP contribution >= 0.6 is 11.6 Å². The second-order valence-electron chi connectivity index (χ2n) is 9.97. The fourth-order valence-electron chi connectivity index (χ4n) is 4.75. The summed E-state index contributed by atoms with van der Waals surface area (Å²) in [6.07, 6.45) is 0.165. The molecule has 236 valence electrons. The zero-order chi connectivity index (χ0) is 32.6. The molecule has 0 bridgehead atoms. The standard InChI is InChI=1S/C33H33ClFN3O6S/c1-36-33(40)29(19-23-7-5-4-6-8-23)37(21-24-9-11-25(34)12-10-24)32(39)22-38(27-15-13-26(35)14-16-27)45(41,42)28-17-18-30(43-2)31(20-28)44-3/h4-18,20,29H,19,21-22H2,1-3H3,(H,36,40)/t29-/m1/s1. The third kappa shape index (κ3) is 8.11. The summed E-state index contributed by atoms with van der Waals surface area (Å²) in [5.74, 6) is -1.21. The van der Waals surface area contributed by atoms with Crippen LogP contribution in [-0.2, 0) is 32.6 Å². The number of hydrogen-bond acceptors (Lipinski definition) is 6. The van der Waals surface area contributed by atoms with Crippen molar-refractivity contribution >= 4 is 39.1 Å². The maximum Gasteiger partial charge on any atom is 0.264 e. The van der Waals surface area contributed by atoms with Crippen LogP contribution in [0.25, 0.3) is 0 Å². The zero-order valence-corrected chi connectivity index (χ0v) is 26.5. The maximum absolute atomic E-state index is 14.3. The van der Waals surface area contributed by atoms with Gasteiger partial charge in [0.15, 0.2) is 11.5 Å². The van der Waals surface area contributed by atoms with Crippen molar-refractivity contribution in [3.05, 3.63) is 119 Å². The van der Waals surface area contributed by atoms with Crippen molar-refractivity contribution in [2.45, 2.75) is 23.9 Å². The molecule has 2 amide bonds. The predicted octanol–water partition coefficient (Wildman–Crippen LogP) is 5.08. The Morgan fingerprint density at radius 2 is 1.51 bits per heavy atom. The third-order valence-electron chi connectivity index (χ3n) is 7.12. The van der Waals surface area contributed by atoms with Crippen LogP contribution in [0, 0.1) is 5.82 Å². The highest BCUT2D eigenvalue weighted by Crippen LogP contribution is 2.32. The van der Waals surface area contributed by atoms with Gasteiger partial charge in [0.05, 0.1) is 24.8 Å². The SMILES string of the molecule is CNC(=O)[C@@H](Cc1ccccc1)N(Cc1ccc(Cl)cc1)C(=O)CN(c1ccc(F)cc1)S(=O)(=O)c1ccc(OC)c(OC)c1. The van der Waals surface area contributed by atoms with E-state index < -0.39 is 40.2 Å². The topological polar surface area (TPSA) is 105 Å². The maximum atomic E-state index is 14.3. The number of nitrogens with zero attached hydrogens (tertiary/aromatic N) is 2. The molecule has 0 heterocycles. The molecule has 1 atom stereocenters. The van der Waals surface area contributed by atoms with Gasteiger partial charge in [0.2, 0.25) is 11.8 Å². The van der Waals surface area contributed by atoms with Crippen molar-refractivity contribution in [2.24, 2.45) is 0 Å². The van der Waals surface area contributed by atoms with Crippen LogP contribution in [0.4, 0.5) is 10.1 Å². The van der Waals surface area contributed by atoms with Crippen LogP contribution in [-0.4, -0.2) is 59.0 Å². The number of carbonyl (C=O) groups is 2. The molecule has 0 aliphatic heterocycles. The van der Waals surface area contributed by atoms with E-state index in [4.69, 9.17) is 21.1 Å².